The van der Waals surface area contributed by atoms with Gasteiger partial charge in [-0.15, -0.1) is 0 Å². The molecule has 100 valence electrons. The van der Waals surface area contributed by atoms with Crippen molar-refractivity contribution in [2.75, 3.05) is 0 Å². The zero-order valence-electron chi connectivity index (χ0n) is 10.3. The van der Waals surface area contributed by atoms with Crippen LogP contribution in [0.2, 0.25) is 0 Å². The number of nitrogens with zero attached hydrogens (tertiary/aromatic N) is 2. The molecule has 3 aromatic rings. The average Bonchev–Trinajstić information content (AvgIpc) is 2.76. The van der Waals surface area contributed by atoms with E-state index in [2.05, 4.69) is 4.98 Å². The molecule has 2 aromatic heterocycles. The highest BCUT2D eigenvalue weighted by molar-refractivity contribution is 5.87. The first-order valence-electron chi connectivity index (χ1n) is 5.92. The van der Waals surface area contributed by atoms with E-state index in [0.29, 0.717) is 16.8 Å². The number of carboxylic acids is 1. The van der Waals surface area contributed by atoms with E-state index in [1.54, 1.807) is 30.5 Å². The second kappa shape index (κ2) is 4.65. The maximum absolute atomic E-state index is 11.8. The summed E-state index contributed by atoms with van der Waals surface area (Å²) in [6.07, 6.45) is 1.57. The van der Waals surface area contributed by atoms with Crippen molar-refractivity contribution in [1.82, 2.24) is 9.55 Å². The predicted molar refractivity (Wildman–Crippen MR) is 70.8 cm³/mol. The lowest BCUT2D eigenvalue weighted by Crippen LogP contribution is -2.15. The van der Waals surface area contributed by atoms with Crippen LogP contribution in [0.25, 0.3) is 11.2 Å². The van der Waals surface area contributed by atoms with Crippen LogP contribution in [-0.4, -0.2) is 20.6 Å². The van der Waals surface area contributed by atoms with Gasteiger partial charge in [0.15, 0.2) is 11.2 Å². The van der Waals surface area contributed by atoms with E-state index in [1.807, 2.05) is 0 Å². The summed E-state index contributed by atoms with van der Waals surface area (Å²) in [7, 11) is 0. The maximum Gasteiger partial charge on any atom is 0.421 e. The lowest BCUT2D eigenvalue weighted by Gasteiger charge is -2.03. The topological polar surface area (TPSA) is 85.3 Å². The monoisotopic (exact) mass is 270 g/mol. The van der Waals surface area contributed by atoms with E-state index < -0.39 is 11.7 Å². The number of carbonyl (C=O) groups is 1. The van der Waals surface area contributed by atoms with E-state index in [9.17, 15) is 9.59 Å². The van der Waals surface area contributed by atoms with E-state index in [1.165, 1.54) is 16.7 Å². The predicted octanol–water partition coefficient (Wildman–Crippen LogP) is 1.74. The maximum atomic E-state index is 11.8. The Kier molecular flexibility index (Phi) is 2.83. The van der Waals surface area contributed by atoms with Crippen molar-refractivity contribution < 1.29 is 14.3 Å². The van der Waals surface area contributed by atoms with E-state index in [4.69, 9.17) is 9.52 Å². The number of fused-ring (bicyclic) bond motifs is 1. The first kappa shape index (κ1) is 12.2. The average molecular weight is 270 g/mol. The normalized spacial score (nSPS) is 10.8. The van der Waals surface area contributed by atoms with Gasteiger partial charge in [-0.1, -0.05) is 12.1 Å². The first-order valence-corrected chi connectivity index (χ1v) is 5.92. The number of oxazole rings is 1. The molecule has 3 rings (SSSR count). The highest BCUT2D eigenvalue weighted by Crippen LogP contribution is 2.12. The largest absolute Gasteiger partial charge is 0.478 e. The van der Waals surface area contributed by atoms with Crippen molar-refractivity contribution in [3.63, 3.8) is 0 Å². The molecule has 20 heavy (non-hydrogen) atoms. The zero-order chi connectivity index (χ0) is 14.1. The van der Waals surface area contributed by atoms with Crippen molar-refractivity contribution >= 4 is 17.2 Å². The van der Waals surface area contributed by atoms with Gasteiger partial charge in [-0.05, 0) is 29.8 Å². The standard InChI is InChI=1S/C14H10N2O4/c17-13(18)10-4-1-3-9(7-10)8-16-12-11(20-14(16)19)5-2-6-15-12/h1-7H,8H2,(H,17,18). The molecule has 2 heterocycles. The minimum absolute atomic E-state index is 0.177. The van der Waals surface area contributed by atoms with Crippen LogP contribution in [0.1, 0.15) is 15.9 Å². The molecular weight excluding hydrogens is 260 g/mol. The summed E-state index contributed by atoms with van der Waals surface area (Å²) in [6.45, 7) is 0.212. The molecule has 0 fully saturated rings. The van der Waals surface area contributed by atoms with Gasteiger partial charge in [-0.25, -0.2) is 14.6 Å². The number of aromatic carboxylic acids is 1. The van der Waals surface area contributed by atoms with Crippen LogP contribution in [0.5, 0.6) is 0 Å². The summed E-state index contributed by atoms with van der Waals surface area (Å²) in [4.78, 5) is 26.8. The minimum atomic E-state index is -1.01. The second-order valence-electron chi connectivity index (χ2n) is 4.28. The Balaban J connectivity index is 2.05. The highest BCUT2D eigenvalue weighted by atomic mass is 16.4. The number of hydrogen-bond donors (Lipinski definition) is 1. The molecule has 0 aliphatic carbocycles. The Labute approximate surface area is 112 Å². The molecule has 6 nitrogen and oxygen atoms in total. The lowest BCUT2D eigenvalue weighted by atomic mass is 10.1. The van der Waals surface area contributed by atoms with Gasteiger partial charge in [0.1, 0.15) is 0 Å². The second-order valence-corrected chi connectivity index (χ2v) is 4.28. The molecule has 0 bridgehead atoms. The van der Waals surface area contributed by atoms with Crippen LogP contribution in [0.4, 0.5) is 0 Å². The molecule has 0 spiro atoms. The third-order valence-electron chi connectivity index (χ3n) is 2.94. The molecule has 0 atom stereocenters. The van der Waals surface area contributed by atoms with E-state index >= 15 is 0 Å². The number of carboxylic acid groups (broad SMARTS) is 1. The third-order valence-corrected chi connectivity index (χ3v) is 2.94. The fourth-order valence-electron chi connectivity index (χ4n) is 2.02. The fraction of sp³-hybridized carbons (Fsp3) is 0.0714. The molecule has 0 aliphatic rings. The minimum Gasteiger partial charge on any atom is -0.478 e. The van der Waals surface area contributed by atoms with Crippen LogP contribution in [0.3, 0.4) is 0 Å². The van der Waals surface area contributed by atoms with E-state index in [-0.39, 0.29) is 12.1 Å². The highest BCUT2D eigenvalue weighted by Gasteiger charge is 2.11. The molecule has 0 radical (unpaired) electrons. The molecule has 0 saturated heterocycles. The van der Waals surface area contributed by atoms with Gasteiger partial charge in [0.05, 0.1) is 12.1 Å². The van der Waals surface area contributed by atoms with Crippen molar-refractivity contribution in [3.05, 3.63) is 64.3 Å². The first-order chi connectivity index (χ1) is 9.65. The van der Waals surface area contributed by atoms with Crippen molar-refractivity contribution in [2.24, 2.45) is 0 Å². The smallest absolute Gasteiger partial charge is 0.421 e. The summed E-state index contributed by atoms with van der Waals surface area (Å²) in [5.41, 5.74) is 1.72. The zero-order valence-corrected chi connectivity index (χ0v) is 10.3. The van der Waals surface area contributed by atoms with Crippen LogP contribution < -0.4 is 5.76 Å². The van der Waals surface area contributed by atoms with Crippen molar-refractivity contribution in [1.29, 1.82) is 0 Å². The van der Waals surface area contributed by atoms with Gasteiger partial charge < -0.3 is 9.52 Å². The number of benzene rings is 1. The Morgan fingerprint density at radius 1 is 1.30 bits per heavy atom. The molecule has 1 N–H and O–H groups in total. The molecule has 0 unspecified atom stereocenters. The molecule has 0 aliphatic heterocycles. The Morgan fingerprint density at radius 3 is 2.95 bits per heavy atom. The fourth-order valence-corrected chi connectivity index (χ4v) is 2.02. The van der Waals surface area contributed by atoms with Gasteiger partial charge >= 0.3 is 11.7 Å². The quantitative estimate of drug-likeness (QED) is 0.783. The molecule has 1 aromatic carbocycles. The van der Waals surface area contributed by atoms with Gasteiger partial charge in [0.2, 0.25) is 0 Å². The Bertz CT molecular complexity index is 848. The Morgan fingerprint density at radius 2 is 2.15 bits per heavy atom. The third kappa shape index (κ3) is 2.07. The van der Waals surface area contributed by atoms with Gasteiger partial charge in [-0.3, -0.25) is 4.57 Å². The van der Waals surface area contributed by atoms with Crippen LogP contribution in [0.15, 0.2) is 51.8 Å². The SMILES string of the molecule is O=C(O)c1cccc(Cn2c(=O)oc3cccnc32)c1. The number of aromatic nitrogens is 2. The molecule has 0 saturated carbocycles. The van der Waals surface area contributed by atoms with Crippen LogP contribution in [0, 0.1) is 0 Å². The summed E-state index contributed by atoms with van der Waals surface area (Å²) in [5, 5.41) is 8.96. The number of rotatable bonds is 3. The Hall–Kier alpha value is -2.89. The van der Waals surface area contributed by atoms with Crippen molar-refractivity contribution in [2.45, 2.75) is 6.54 Å². The van der Waals surface area contributed by atoms with Crippen molar-refractivity contribution in [3.8, 4) is 0 Å². The molecule has 0 amide bonds. The van der Waals surface area contributed by atoms with Gasteiger partial charge in [0.25, 0.3) is 0 Å². The summed E-state index contributed by atoms with van der Waals surface area (Å²) >= 11 is 0. The van der Waals surface area contributed by atoms with Crippen LogP contribution >= 0.6 is 0 Å². The molecule has 6 heteroatoms. The van der Waals surface area contributed by atoms with Gasteiger partial charge in [-0.2, -0.15) is 0 Å². The van der Waals surface area contributed by atoms with Crippen LogP contribution in [-0.2, 0) is 6.54 Å². The number of hydrogen-bond acceptors (Lipinski definition) is 4. The van der Waals surface area contributed by atoms with Gasteiger partial charge in [0, 0.05) is 6.20 Å². The lowest BCUT2D eigenvalue weighted by molar-refractivity contribution is 0.0696. The molecular formula is C14H10N2O4. The summed E-state index contributed by atoms with van der Waals surface area (Å²) in [5.74, 6) is -1.52. The van der Waals surface area contributed by atoms with E-state index in [0.717, 1.165) is 0 Å². The summed E-state index contributed by atoms with van der Waals surface area (Å²) < 4.78 is 6.45. The number of pyridine rings is 1. The summed E-state index contributed by atoms with van der Waals surface area (Å²) in [6, 6.07) is 9.76.